The number of piperidine rings is 1. The minimum Gasteiger partial charge on any atom is -0.508 e. The van der Waals surface area contributed by atoms with Crippen molar-refractivity contribution in [1.82, 2.24) is 10.2 Å². The van der Waals surface area contributed by atoms with Gasteiger partial charge in [0.05, 0.1) is 5.56 Å². The van der Waals surface area contributed by atoms with Crippen LogP contribution in [0.15, 0.2) is 18.2 Å². The number of likely N-dealkylation sites (tertiary alicyclic amines) is 1. The van der Waals surface area contributed by atoms with Crippen LogP contribution in [-0.4, -0.2) is 42.1 Å². The lowest BCUT2D eigenvalue weighted by Crippen LogP contribution is -2.45. The Morgan fingerprint density at radius 2 is 2.30 bits per heavy atom. The molecule has 5 heteroatoms. The van der Waals surface area contributed by atoms with Crippen molar-refractivity contribution in [2.24, 2.45) is 0 Å². The van der Waals surface area contributed by atoms with E-state index in [2.05, 4.69) is 5.32 Å². The average Bonchev–Trinajstić information content (AvgIpc) is 2.45. The third kappa shape index (κ3) is 3.28. The van der Waals surface area contributed by atoms with Gasteiger partial charge in [-0.15, -0.1) is 0 Å². The number of carbonyl (C=O) groups is 1. The van der Waals surface area contributed by atoms with E-state index in [1.165, 1.54) is 12.1 Å². The van der Waals surface area contributed by atoms with Crippen molar-refractivity contribution in [2.75, 3.05) is 20.1 Å². The van der Waals surface area contributed by atoms with Crippen LogP contribution >= 0.6 is 0 Å². The topological polar surface area (TPSA) is 52.6 Å². The summed E-state index contributed by atoms with van der Waals surface area (Å²) in [4.78, 5) is 14.3. The number of hydrogen-bond donors (Lipinski definition) is 2. The lowest BCUT2D eigenvalue weighted by molar-refractivity contribution is 0.0598. The monoisotopic (exact) mass is 280 g/mol. The Morgan fingerprint density at radius 1 is 1.50 bits per heavy atom. The third-order valence-corrected chi connectivity index (χ3v) is 3.80. The molecule has 1 aromatic carbocycles. The van der Waals surface area contributed by atoms with Crippen LogP contribution in [0.5, 0.6) is 5.75 Å². The lowest BCUT2D eigenvalue weighted by atomic mass is 9.98. The maximum Gasteiger partial charge on any atom is 0.257 e. The van der Waals surface area contributed by atoms with Crippen LogP contribution in [0.3, 0.4) is 0 Å². The van der Waals surface area contributed by atoms with E-state index in [0.717, 1.165) is 38.3 Å². The van der Waals surface area contributed by atoms with Crippen LogP contribution in [0.25, 0.3) is 0 Å². The molecule has 1 unspecified atom stereocenters. The van der Waals surface area contributed by atoms with Gasteiger partial charge in [-0.3, -0.25) is 4.79 Å². The number of halogens is 1. The molecular weight excluding hydrogens is 259 g/mol. The van der Waals surface area contributed by atoms with Crippen LogP contribution in [0.4, 0.5) is 4.39 Å². The number of carbonyl (C=O) groups excluding carboxylic acids is 1. The minimum absolute atomic E-state index is 0.0409. The molecule has 1 aliphatic heterocycles. The molecule has 2 N–H and O–H groups in total. The first kappa shape index (κ1) is 14.8. The molecule has 1 fully saturated rings. The van der Waals surface area contributed by atoms with E-state index < -0.39 is 5.82 Å². The van der Waals surface area contributed by atoms with Crippen molar-refractivity contribution in [3.63, 3.8) is 0 Å². The zero-order valence-corrected chi connectivity index (χ0v) is 11.7. The highest BCUT2D eigenvalue weighted by Crippen LogP contribution is 2.24. The molecule has 0 radical (unpaired) electrons. The summed E-state index contributed by atoms with van der Waals surface area (Å²) in [5.41, 5.74) is 0.0409. The molecule has 0 bridgehead atoms. The van der Waals surface area contributed by atoms with Crippen molar-refractivity contribution in [3.05, 3.63) is 29.6 Å². The second kappa shape index (κ2) is 6.70. The van der Waals surface area contributed by atoms with Crippen molar-refractivity contribution in [3.8, 4) is 5.75 Å². The largest absolute Gasteiger partial charge is 0.508 e. The van der Waals surface area contributed by atoms with Crippen molar-refractivity contribution in [1.29, 1.82) is 0 Å². The quantitative estimate of drug-likeness (QED) is 0.888. The van der Waals surface area contributed by atoms with E-state index in [4.69, 9.17) is 0 Å². The van der Waals surface area contributed by atoms with Crippen LogP contribution < -0.4 is 5.32 Å². The lowest BCUT2D eigenvalue weighted by Gasteiger charge is -2.36. The summed E-state index contributed by atoms with van der Waals surface area (Å²) in [5, 5.41) is 12.3. The van der Waals surface area contributed by atoms with Gasteiger partial charge in [0.1, 0.15) is 11.6 Å². The van der Waals surface area contributed by atoms with Gasteiger partial charge in [0.15, 0.2) is 0 Å². The molecule has 0 spiro atoms. The van der Waals surface area contributed by atoms with Crippen LogP contribution in [0.1, 0.15) is 36.0 Å². The van der Waals surface area contributed by atoms with Gasteiger partial charge in [0, 0.05) is 18.7 Å². The van der Waals surface area contributed by atoms with Crippen LogP contribution in [0, 0.1) is 5.82 Å². The summed E-state index contributed by atoms with van der Waals surface area (Å²) in [6, 6.07) is 3.86. The van der Waals surface area contributed by atoms with Crippen LogP contribution in [-0.2, 0) is 0 Å². The Morgan fingerprint density at radius 3 is 3.00 bits per heavy atom. The molecule has 20 heavy (non-hydrogen) atoms. The summed E-state index contributed by atoms with van der Waals surface area (Å²) >= 11 is 0. The summed E-state index contributed by atoms with van der Waals surface area (Å²) in [6.45, 7) is 1.51. The predicted molar refractivity (Wildman–Crippen MR) is 75.3 cm³/mol. The van der Waals surface area contributed by atoms with Gasteiger partial charge in [0.25, 0.3) is 5.91 Å². The highest BCUT2D eigenvalue weighted by atomic mass is 19.1. The van der Waals surface area contributed by atoms with Gasteiger partial charge >= 0.3 is 0 Å². The number of phenolic OH excluding ortho intramolecular Hbond substituents is 1. The van der Waals surface area contributed by atoms with Gasteiger partial charge in [-0.1, -0.05) is 0 Å². The second-order valence-corrected chi connectivity index (χ2v) is 5.20. The molecule has 1 amide bonds. The maximum absolute atomic E-state index is 13.8. The molecule has 1 aliphatic rings. The highest BCUT2D eigenvalue weighted by Gasteiger charge is 2.28. The molecule has 0 saturated carbocycles. The van der Waals surface area contributed by atoms with Gasteiger partial charge in [0.2, 0.25) is 0 Å². The zero-order chi connectivity index (χ0) is 14.5. The smallest absolute Gasteiger partial charge is 0.257 e. The fraction of sp³-hybridized carbons (Fsp3) is 0.533. The fourth-order valence-corrected chi connectivity index (χ4v) is 2.71. The summed E-state index contributed by atoms with van der Waals surface area (Å²) in [5.74, 6) is -1.10. The second-order valence-electron chi connectivity index (χ2n) is 5.20. The predicted octanol–water partition coefficient (Wildman–Crippen LogP) is 2.14. The minimum atomic E-state index is -0.659. The van der Waals surface area contributed by atoms with Crippen molar-refractivity contribution >= 4 is 5.91 Å². The first-order chi connectivity index (χ1) is 9.63. The number of aromatic hydroxyl groups is 1. The molecule has 1 atom stereocenters. The Kier molecular flexibility index (Phi) is 4.95. The number of rotatable bonds is 4. The van der Waals surface area contributed by atoms with Gasteiger partial charge in [-0.25, -0.2) is 4.39 Å². The number of nitrogens with zero attached hydrogens (tertiary/aromatic N) is 1. The number of hydrogen-bond acceptors (Lipinski definition) is 3. The molecule has 0 aliphatic carbocycles. The molecule has 110 valence electrons. The molecule has 2 rings (SSSR count). The average molecular weight is 280 g/mol. The number of amides is 1. The summed E-state index contributed by atoms with van der Waals surface area (Å²) < 4.78 is 13.8. The first-order valence-electron chi connectivity index (χ1n) is 7.07. The highest BCUT2D eigenvalue weighted by molar-refractivity contribution is 5.94. The molecule has 1 saturated heterocycles. The SMILES string of the molecule is CNCCC1CCCCN1C(=O)c1ccc(O)cc1F. The van der Waals surface area contributed by atoms with Gasteiger partial charge in [-0.05, 0) is 51.4 Å². The molecule has 0 aromatic heterocycles. The Labute approximate surface area is 118 Å². The number of nitrogens with one attached hydrogen (secondary N) is 1. The molecule has 1 aromatic rings. The van der Waals surface area contributed by atoms with Gasteiger partial charge in [-0.2, -0.15) is 0 Å². The van der Waals surface area contributed by atoms with Crippen molar-refractivity contribution in [2.45, 2.75) is 31.7 Å². The van der Waals surface area contributed by atoms with E-state index in [1.54, 1.807) is 4.90 Å². The van der Waals surface area contributed by atoms with E-state index >= 15 is 0 Å². The normalized spacial score (nSPS) is 19.1. The Balaban J connectivity index is 2.16. The van der Waals surface area contributed by atoms with E-state index in [1.807, 2.05) is 7.05 Å². The van der Waals surface area contributed by atoms with E-state index in [9.17, 15) is 14.3 Å². The summed E-state index contributed by atoms with van der Waals surface area (Å²) in [6.07, 6.45) is 3.91. The fourth-order valence-electron chi connectivity index (χ4n) is 2.71. The number of benzene rings is 1. The van der Waals surface area contributed by atoms with Crippen LogP contribution in [0.2, 0.25) is 0 Å². The Bertz CT molecular complexity index is 479. The number of phenols is 1. The van der Waals surface area contributed by atoms with Crippen molar-refractivity contribution < 1.29 is 14.3 Å². The third-order valence-electron chi connectivity index (χ3n) is 3.80. The standard InChI is InChI=1S/C15H21FN2O2/c1-17-8-7-11-4-2-3-9-18(11)15(20)13-6-5-12(19)10-14(13)16/h5-6,10-11,17,19H,2-4,7-9H2,1H3. The molecular formula is C15H21FN2O2. The summed E-state index contributed by atoms with van der Waals surface area (Å²) in [7, 11) is 1.88. The zero-order valence-electron chi connectivity index (χ0n) is 11.7. The first-order valence-corrected chi connectivity index (χ1v) is 7.07. The van der Waals surface area contributed by atoms with Gasteiger partial charge < -0.3 is 15.3 Å². The maximum atomic E-state index is 13.8. The van der Waals surface area contributed by atoms with E-state index in [-0.39, 0.29) is 23.3 Å². The molecule has 4 nitrogen and oxygen atoms in total. The molecule has 1 heterocycles. The van der Waals surface area contributed by atoms with E-state index in [0.29, 0.717) is 6.54 Å². The Hall–Kier alpha value is -1.62.